The van der Waals surface area contributed by atoms with Crippen LogP contribution in [0.2, 0.25) is 0 Å². The Balaban J connectivity index is 4.27. The lowest BCUT2D eigenvalue weighted by molar-refractivity contribution is -0.117. The second-order valence-corrected chi connectivity index (χ2v) is 5.38. The molecule has 0 heterocycles. The summed E-state index contributed by atoms with van der Waals surface area (Å²) in [6, 6.07) is 0. The van der Waals surface area contributed by atoms with Gasteiger partial charge in [-0.25, -0.2) is 0 Å². The molecule has 0 aromatic rings. The first-order valence-electron chi connectivity index (χ1n) is 7.83. The highest BCUT2D eigenvalue weighted by molar-refractivity contribution is 5.75. The van der Waals surface area contributed by atoms with Crippen LogP contribution in [0, 0.1) is 5.41 Å². The van der Waals surface area contributed by atoms with Gasteiger partial charge >= 0.3 is 0 Å². The molecular weight excluding hydrogens is 256 g/mol. The van der Waals surface area contributed by atoms with Gasteiger partial charge in [-0.1, -0.05) is 13.3 Å². The summed E-state index contributed by atoms with van der Waals surface area (Å²) in [7, 11) is 0. The number of ketones is 1. The van der Waals surface area contributed by atoms with Crippen LogP contribution in [-0.2, 0) is 19.0 Å². The van der Waals surface area contributed by atoms with Gasteiger partial charge in [-0.05, 0) is 33.6 Å². The molecule has 4 heteroatoms. The zero-order valence-corrected chi connectivity index (χ0v) is 13.7. The van der Waals surface area contributed by atoms with E-state index in [1.807, 2.05) is 13.8 Å². The van der Waals surface area contributed by atoms with E-state index in [4.69, 9.17) is 14.2 Å². The first-order valence-corrected chi connectivity index (χ1v) is 7.83. The Labute approximate surface area is 124 Å². The van der Waals surface area contributed by atoms with Crippen molar-refractivity contribution in [3.63, 3.8) is 0 Å². The molecule has 0 aliphatic rings. The third kappa shape index (κ3) is 9.45. The van der Waals surface area contributed by atoms with E-state index in [1.54, 1.807) is 6.92 Å². The smallest absolute Gasteiger partial charge is 0.129 e. The van der Waals surface area contributed by atoms with Gasteiger partial charge in [0.05, 0.1) is 19.8 Å². The van der Waals surface area contributed by atoms with Crippen molar-refractivity contribution in [1.82, 2.24) is 0 Å². The van der Waals surface area contributed by atoms with Crippen molar-refractivity contribution >= 4 is 5.78 Å². The van der Waals surface area contributed by atoms with Crippen LogP contribution < -0.4 is 0 Å². The van der Waals surface area contributed by atoms with Crippen LogP contribution in [0.3, 0.4) is 0 Å². The van der Waals surface area contributed by atoms with Crippen molar-refractivity contribution in [3.05, 3.63) is 0 Å². The van der Waals surface area contributed by atoms with Crippen LogP contribution in [0.1, 0.15) is 53.4 Å². The fraction of sp³-hybridized carbons (Fsp3) is 0.938. The summed E-state index contributed by atoms with van der Waals surface area (Å²) >= 11 is 0. The standard InChI is InChI=1S/C16H32O4/c1-5-10-16(12-18-6-2,13-19-7-3)14-20-11-8-9-15(4)17/h5-14H2,1-4H3. The average Bonchev–Trinajstić information content (AvgIpc) is 2.42. The molecule has 0 N–H and O–H groups in total. The molecule has 0 fully saturated rings. The summed E-state index contributed by atoms with van der Waals surface area (Å²) in [6.45, 7) is 11.8. The summed E-state index contributed by atoms with van der Waals surface area (Å²) in [5, 5.41) is 0. The molecular formula is C16H32O4. The van der Waals surface area contributed by atoms with Gasteiger partial charge in [-0.15, -0.1) is 0 Å². The van der Waals surface area contributed by atoms with Crippen LogP contribution in [0.5, 0.6) is 0 Å². The lowest BCUT2D eigenvalue weighted by Crippen LogP contribution is -2.37. The summed E-state index contributed by atoms with van der Waals surface area (Å²) in [5.74, 6) is 0.219. The Kier molecular flexibility index (Phi) is 12.0. The van der Waals surface area contributed by atoms with Crippen LogP contribution in [0.4, 0.5) is 0 Å². The molecule has 120 valence electrons. The van der Waals surface area contributed by atoms with Gasteiger partial charge in [-0.3, -0.25) is 0 Å². The summed E-state index contributed by atoms with van der Waals surface area (Å²) < 4.78 is 17.0. The van der Waals surface area contributed by atoms with Gasteiger partial charge in [-0.2, -0.15) is 0 Å². The lowest BCUT2D eigenvalue weighted by atomic mass is 9.86. The molecule has 0 radical (unpaired) electrons. The molecule has 0 rings (SSSR count). The fourth-order valence-electron chi connectivity index (χ4n) is 2.22. The van der Waals surface area contributed by atoms with Crippen molar-refractivity contribution < 1.29 is 19.0 Å². The van der Waals surface area contributed by atoms with Crippen molar-refractivity contribution in [1.29, 1.82) is 0 Å². The van der Waals surface area contributed by atoms with Crippen molar-refractivity contribution in [3.8, 4) is 0 Å². The largest absolute Gasteiger partial charge is 0.381 e. The number of ether oxygens (including phenoxy) is 3. The lowest BCUT2D eigenvalue weighted by Gasteiger charge is -2.32. The van der Waals surface area contributed by atoms with Gasteiger partial charge < -0.3 is 19.0 Å². The van der Waals surface area contributed by atoms with Gasteiger partial charge in [0.2, 0.25) is 0 Å². The van der Waals surface area contributed by atoms with Crippen LogP contribution in [-0.4, -0.2) is 45.4 Å². The normalized spacial score (nSPS) is 11.8. The molecule has 0 unspecified atom stereocenters. The Hall–Kier alpha value is -0.450. The Bertz CT molecular complexity index is 233. The number of hydrogen-bond donors (Lipinski definition) is 0. The number of rotatable bonds is 14. The van der Waals surface area contributed by atoms with Crippen LogP contribution >= 0.6 is 0 Å². The van der Waals surface area contributed by atoms with Gasteiger partial charge in [0.1, 0.15) is 5.78 Å². The summed E-state index contributed by atoms with van der Waals surface area (Å²) in [5.41, 5.74) is -0.0585. The second-order valence-electron chi connectivity index (χ2n) is 5.38. The van der Waals surface area contributed by atoms with E-state index in [2.05, 4.69) is 6.92 Å². The minimum Gasteiger partial charge on any atom is -0.381 e. The van der Waals surface area contributed by atoms with E-state index in [-0.39, 0.29) is 11.2 Å². The van der Waals surface area contributed by atoms with Crippen LogP contribution in [0.25, 0.3) is 0 Å². The highest BCUT2D eigenvalue weighted by atomic mass is 16.5. The Morgan fingerprint density at radius 3 is 1.95 bits per heavy atom. The molecule has 0 atom stereocenters. The minimum atomic E-state index is -0.0585. The van der Waals surface area contributed by atoms with E-state index in [9.17, 15) is 4.79 Å². The molecule has 0 bridgehead atoms. The number of hydrogen-bond acceptors (Lipinski definition) is 4. The zero-order chi connectivity index (χ0) is 15.3. The van der Waals surface area contributed by atoms with Gasteiger partial charge in [0.25, 0.3) is 0 Å². The van der Waals surface area contributed by atoms with Crippen molar-refractivity contribution in [2.75, 3.05) is 39.6 Å². The molecule has 20 heavy (non-hydrogen) atoms. The predicted octanol–water partition coefficient (Wildman–Crippen LogP) is 3.23. The monoisotopic (exact) mass is 288 g/mol. The predicted molar refractivity (Wildman–Crippen MR) is 81.1 cm³/mol. The third-order valence-electron chi connectivity index (χ3n) is 3.23. The number of carbonyl (C=O) groups is 1. The molecule has 0 aliphatic heterocycles. The second kappa shape index (κ2) is 12.3. The van der Waals surface area contributed by atoms with E-state index >= 15 is 0 Å². The molecule has 0 aromatic carbocycles. The number of Topliss-reactive ketones (excluding diaryl/α,β-unsaturated/α-hetero) is 1. The molecule has 0 saturated carbocycles. The maximum absolute atomic E-state index is 10.9. The molecule has 4 nitrogen and oxygen atoms in total. The fourth-order valence-corrected chi connectivity index (χ4v) is 2.22. The van der Waals surface area contributed by atoms with Crippen molar-refractivity contribution in [2.45, 2.75) is 53.4 Å². The van der Waals surface area contributed by atoms with E-state index in [1.165, 1.54) is 0 Å². The summed E-state index contributed by atoms with van der Waals surface area (Å²) in [4.78, 5) is 10.9. The molecule has 0 aromatic heterocycles. The van der Waals surface area contributed by atoms with Gasteiger partial charge in [0, 0.05) is 31.7 Å². The third-order valence-corrected chi connectivity index (χ3v) is 3.23. The maximum Gasteiger partial charge on any atom is 0.129 e. The minimum absolute atomic E-state index is 0.0585. The maximum atomic E-state index is 10.9. The van der Waals surface area contributed by atoms with E-state index in [0.717, 1.165) is 19.3 Å². The molecule has 0 aliphatic carbocycles. The first-order chi connectivity index (χ1) is 9.60. The van der Waals surface area contributed by atoms with E-state index in [0.29, 0.717) is 46.1 Å². The van der Waals surface area contributed by atoms with E-state index < -0.39 is 0 Å². The highest BCUT2D eigenvalue weighted by Crippen LogP contribution is 2.26. The Morgan fingerprint density at radius 2 is 1.50 bits per heavy atom. The van der Waals surface area contributed by atoms with Gasteiger partial charge in [0.15, 0.2) is 0 Å². The Morgan fingerprint density at radius 1 is 0.950 bits per heavy atom. The van der Waals surface area contributed by atoms with Crippen LogP contribution in [0.15, 0.2) is 0 Å². The average molecular weight is 288 g/mol. The SMILES string of the molecule is CCCC(COCC)(COCC)COCCCC(C)=O. The zero-order valence-electron chi connectivity index (χ0n) is 13.7. The van der Waals surface area contributed by atoms with Crippen molar-refractivity contribution in [2.24, 2.45) is 5.41 Å². The molecule has 0 spiro atoms. The first kappa shape index (κ1) is 19.6. The number of carbonyl (C=O) groups excluding carboxylic acids is 1. The summed E-state index contributed by atoms with van der Waals surface area (Å²) in [6.07, 6.45) is 3.50. The quantitative estimate of drug-likeness (QED) is 0.460. The highest BCUT2D eigenvalue weighted by Gasteiger charge is 2.30. The topological polar surface area (TPSA) is 44.8 Å². The molecule has 0 amide bonds. The molecule has 0 saturated heterocycles.